The predicted molar refractivity (Wildman–Crippen MR) is 57.1 cm³/mol. The van der Waals surface area contributed by atoms with Gasteiger partial charge in [0.25, 0.3) is 0 Å². The molecule has 0 radical (unpaired) electrons. The molecule has 0 spiro atoms. The predicted octanol–water partition coefficient (Wildman–Crippen LogP) is 1.31. The standard InChI is InChI=1S/C10H17N3O/c1-2-13(9-8-11-14)12-10-6-4-3-5-7-10/h3-7,11-12,14H,2,8-9H2,1H3. The summed E-state index contributed by atoms with van der Waals surface area (Å²) in [6.45, 7) is 4.25. The van der Waals surface area contributed by atoms with E-state index < -0.39 is 0 Å². The van der Waals surface area contributed by atoms with Crippen molar-refractivity contribution in [3.05, 3.63) is 30.3 Å². The Hall–Kier alpha value is -1.10. The molecule has 0 bridgehead atoms. The monoisotopic (exact) mass is 195 g/mol. The molecule has 1 rings (SSSR count). The molecule has 14 heavy (non-hydrogen) atoms. The molecule has 0 heterocycles. The molecule has 4 heteroatoms. The Morgan fingerprint density at radius 1 is 1.29 bits per heavy atom. The highest BCUT2D eigenvalue weighted by atomic mass is 16.5. The van der Waals surface area contributed by atoms with Crippen LogP contribution in [0.15, 0.2) is 30.3 Å². The Morgan fingerprint density at radius 2 is 2.00 bits per heavy atom. The van der Waals surface area contributed by atoms with Crippen LogP contribution in [0, 0.1) is 0 Å². The first kappa shape index (κ1) is 11.0. The van der Waals surface area contributed by atoms with Gasteiger partial charge in [0.15, 0.2) is 0 Å². The van der Waals surface area contributed by atoms with Crippen molar-refractivity contribution in [2.24, 2.45) is 0 Å². The number of hydrazine groups is 1. The van der Waals surface area contributed by atoms with E-state index in [-0.39, 0.29) is 0 Å². The fraction of sp³-hybridized carbons (Fsp3) is 0.400. The first-order valence-corrected chi connectivity index (χ1v) is 4.80. The molecular formula is C10H17N3O. The number of rotatable bonds is 6. The summed E-state index contributed by atoms with van der Waals surface area (Å²) in [6.07, 6.45) is 0. The summed E-state index contributed by atoms with van der Waals surface area (Å²) < 4.78 is 0. The first-order chi connectivity index (χ1) is 6.86. The fourth-order valence-electron chi connectivity index (χ4n) is 1.17. The van der Waals surface area contributed by atoms with Crippen molar-refractivity contribution in [2.45, 2.75) is 6.92 Å². The van der Waals surface area contributed by atoms with Crippen molar-refractivity contribution in [3.63, 3.8) is 0 Å². The summed E-state index contributed by atoms with van der Waals surface area (Å²) in [5, 5.41) is 10.5. The van der Waals surface area contributed by atoms with Gasteiger partial charge in [0.05, 0.1) is 0 Å². The van der Waals surface area contributed by atoms with Gasteiger partial charge in [-0.05, 0) is 12.1 Å². The van der Waals surface area contributed by atoms with Gasteiger partial charge in [0, 0.05) is 25.3 Å². The molecule has 0 fully saturated rings. The molecule has 0 saturated carbocycles. The number of nitrogens with one attached hydrogen (secondary N) is 2. The lowest BCUT2D eigenvalue weighted by Crippen LogP contribution is -2.35. The average molecular weight is 195 g/mol. The Labute approximate surface area is 84.5 Å². The van der Waals surface area contributed by atoms with Gasteiger partial charge in [-0.25, -0.2) is 10.5 Å². The smallest absolute Gasteiger partial charge is 0.0490 e. The number of hydroxylamine groups is 1. The maximum atomic E-state index is 8.47. The average Bonchev–Trinajstić information content (AvgIpc) is 2.25. The second-order valence-corrected chi connectivity index (χ2v) is 2.97. The zero-order valence-corrected chi connectivity index (χ0v) is 8.40. The van der Waals surface area contributed by atoms with Crippen molar-refractivity contribution in [3.8, 4) is 0 Å². The molecule has 0 saturated heterocycles. The van der Waals surface area contributed by atoms with Crippen LogP contribution in [0.4, 0.5) is 5.69 Å². The lowest BCUT2D eigenvalue weighted by molar-refractivity contribution is 0.153. The molecule has 3 N–H and O–H groups in total. The molecule has 0 unspecified atom stereocenters. The molecule has 0 aromatic heterocycles. The highest BCUT2D eigenvalue weighted by Gasteiger charge is 2.00. The summed E-state index contributed by atoms with van der Waals surface area (Å²) in [5.74, 6) is 0. The molecule has 4 nitrogen and oxygen atoms in total. The Morgan fingerprint density at radius 3 is 2.57 bits per heavy atom. The highest BCUT2D eigenvalue weighted by Crippen LogP contribution is 2.05. The van der Waals surface area contributed by atoms with Gasteiger partial charge in [-0.1, -0.05) is 25.1 Å². The number of hydrogen-bond acceptors (Lipinski definition) is 4. The van der Waals surface area contributed by atoms with Crippen LogP contribution < -0.4 is 10.9 Å². The second-order valence-electron chi connectivity index (χ2n) is 2.97. The number of hydrogen-bond donors (Lipinski definition) is 3. The summed E-state index contributed by atoms with van der Waals surface area (Å²) in [6, 6.07) is 9.97. The zero-order valence-electron chi connectivity index (χ0n) is 8.40. The largest absolute Gasteiger partial charge is 0.319 e. The van der Waals surface area contributed by atoms with Crippen LogP contribution in [0.1, 0.15) is 6.92 Å². The molecule has 1 aromatic rings. The third-order valence-corrected chi connectivity index (χ3v) is 1.94. The maximum absolute atomic E-state index is 8.47. The maximum Gasteiger partial charge on any atom is 0.0490 e. The molecule has 0 aliphatic rings. The Balaban J connectivity index is 2.40. The summed E-state index contributed by atoms with van der Waals surface area (Å²) in [4.78, 5) is 0. The van der Waals surface area contributed by atoms with Gasteiger partial charge in [-0.3, -0.25) is 0 Å². The van der Waals surface area contributed by atoms with Gasteiger partial charge in [-0.15, -0.1) is 0 Å². The Bertz CT molecular complexity index is 240. The van der Waals surface area contributed by atoms with E-state index in [9.17, 15) is 0 Å². The van der Waals surface area contributed by atoms with E-state index in [2.05, 4.69) is 17.8 Å². The molecular weight excluding hydrogens is 178 g/mol. The van der Waals surface area contributed by atoms with Crippen LogP contribution in [-0.2, 0) is 0 Å². The SMILES string of the molecule is CCN(CCNO)Nc1ccccc1. The van der Waals surface area contributed by atoms with Crippen LogP contribution in [0.2, 0.25) is 0 Å². The van der Waals surface area contributed by atoms with E-state index >= 15 is 0 Å². The fourth-order valence-corrected chi connectivity index (χ4v) is 1.17. The number of likely N-dealkylation sites (N-methyl/N-ethyl adjacent to an activating group) is 1. The van der Waals surface area contributed by atoms with E-state index in [1.54, 1.807) is 0 Å². The number of para-hydroxylation sites is 1. The van der Waals surface area contributed by atoms with Gasteiger partial charge < -0.3 is 10.6 Å². The number of nitrogens with zero attached hydrogens (tertiary/aromatic N) is 1. The van der Waals surface area contributed by atoms with Crippen molar-refractivity contribution in [1.82, 2.24) is 10.5 Å². The third kappa shape index (κ3) is 3.74. The summed E-state index contributed by atoms with van der Waals surface area (Å²) in [5.41, 5.74) is 6.44. The van der Waals surface area contributed by atoms with Gasteiger partial charge >= 0.3 is 0 Å². The normalized spacial score (nSPS) is 10.5. The summed E-state index contributed by atoms with van der Waals surface area (Å²) in [7, 11) is 0. The lowest BCUT2D eigenvalue weighted by atomic mass is 10.3. The third-order valence-electron chi connectivity index (χ3n) is 1.94. The molecule has 0 aliphatic carbocycles. The van der Waals surface area contributed by atoms with Crippen molar-refractivity contribution < 1.29 is 5.21 Å². The van der Waals surface area contributed by atoms with Crippen LogP contribution in [0.3, 0.4) is 0 Å². The van der Waals surface area contributed by atoms with Gasteiger partial charge in [0.2, 0.25) is 0 Å². The molecule has 0 amide bonds. The van der Waals surface area contributed by atoms with Crippen molar-refractivity contribution in [1.29, 1.82) is 0 Å². The van der Waals surface area contributed by atoms with Crippen LogP contribution in [0.25, 0.3) is 0 Å². The van der Waals surface area contributed by atoms with Crippen LogP contribution >= 0.6 is 0 Å². The minimum Gasteiger partial charge on any atom is -0.319 e. The molecule has 78 valence electrons. The van der Waals surface area contributed by atoms with Crippen LogP contribution in [-0.4, -0.2) is 29.9 Å². The van der Waals surface area contributed by atoms with E-state index in [0.29, 0.717) is 6.54 Å². The minimum absolute atomic E-state index is 0.549. The van der Waals surface area contributed by atoms with Gasteiger partial charge in [-0.2, -0.15) is 0 Å². The first-order valence-electron chi connectivity index (χ1n) is 4.80. The Kier molecular flexibility index (Phi) is 4.99. The lowest BCUT2D eigenvalue weighted by Gasteiger charge is -2.22. The molecule has 0 aliphatic heterocycles. The van der Waals surface area contributed by atoms with Crippen LogP contribution in [0.5, 0.6) is 0 Å². The second kappa shape index (κ2) is 6.37. The zero-order chi connectivity index (χ0) is 10.2. The number of anilines is 1. The van der Waals surface area contributed by atoms with E-state index in [0.717, 1.165) is 18.8 Å². The van der Waals surface area contributed by atoms with Gasteiger partial charge in [0.1, 0.15) is 0 Å². The molecule has 1 aromatic carbocycles. The van der Waals surface area contributed by atoms with E-state index in [4.69, 9.17) is 5.21 Å². The highest BCUT2D eigenvalue weighted by molar-refractivity contribution is 5.41. The number of benzene rings is 1. The minimum atomic E-state index is 0.549. The quantitative estimate of drug-likeness (QED) is 0.599. The topological polar surface area (TPSA) is 47.5 Å². The van der Waals surface area contributed by atoms with E-state index in [1.807, 2.05) is 35.3 Å². The van der Waals surface area contributed by atoms with Crippen molar-refractivity contribution >= 4 is 5.69 Å². The van der Waals surface area contributed by atoms with Crippen molar-refractivity contribution in [2.75, 3.05) is 25.1 Å². The molecule has 0 atom stereocenters. The van der Waals surface area contributed by atoms with E-state index in [1.165, 1.54) is 0 Å². The summed E-state index contributed by atoms with van der Waals surface area (Å²) >= 11 is 0.